The molecule has 0 radical (unpaired) electrons. The van der Waals surface area contributed by atoms with Crippen molar-refractivity contribution in [3.63, 3.8) is 0 Å². The fourth-order valence-electron chi connectivity index (χ4n) is 2.25. The van der Waals surface area contributed by atoms with Crippen LogP contribution in [-0.4, -0.2) is 24.3 Å². The van der Waals surface area contributed by atoms with E-state index in [9.17, 15) is 18.8 Å². The summed E-state index contributed by atoms with van der Waals surface area (Å²) in [5.74, 6) is -1.51. The Morgan fingerprint density at radius 1 is 0.960 bits per heavy atom. The number of anilines is 3. The zero-order valence-electron chi connectivity index (χ0n) is 13.9. The topological polar surface area (TPSA) is 78.5 Å². The molecule has 0 saturated heterocycles. The van der Waals surface area contributed by atoms with Crippen molar-refractivity contribution in [3.8, 4) is 0 Å². The summed E-state index contributed by atoms with van der Waals surface area (Å²) in [6, 6.07) is 12.1. The third kappa shape index (κ3) is 5.42. The lowest BCUT2D eigenvalue weighted by Crippen LogP contribution is -2.36. The molecule has 7 heteroatoms. The van der Waals surface area contributed by atoms with Crippen molar-refractivity contribution in [1.82, 2.24) is 0 Å². The van der Waals surface area contributed by atoms with Crippen LogP contribution in [0.25, 0.3) is 0 Å². The summed E-state index contributed by atoms with van der Waals surface area (Å²) < 4.78 is 13.2. The standard InChI is InChI=1S/C18H18FN3O3/c1-12(23)20-16-7-4-8-17(10-16)22(13(2)24)11-18(25)21-15-6-3-5-14(19)9-15/h3-10H,11H2,1-2H3,(H,20,23)(H,21,25). The van der Waals surface area contributed by atoms with Gasteiger partial charge < -0.3 is 15.5 Å². The van der Waals surface area contributed by atoms with Crippen molar-refractivity contribution < 1.29 is 18.8 Å². The number of carbonyl (C=O) groups excluding carboxylic acids is 3. The van der Waals surface area contributed by atoms with Gasteiger partial charge in [0.15, 0.2) is 0 Å². The highest BCUT2D eigenvalue weighted by Crippen LogP contribution is 2.20. The van der Waals surface area contributed by atoms with Gasteiger partial charge in [0, 0.05) is 30.9 Å². The molecule has 2 aromatic carbocycles. The smallest absolute Gasteiger partial charge is 0.244 e. The van der Waals surface area contributed by atoms with Gasteiger partial charge in [0.2, 0.25) is 17.7 Å². The Bertz CT molecular complexity index is 808. The van der Waals surface area contributed by atoms with Gasteiger partial charge in [-0.05, 0) is 36.4 Å². The molecule has 0 aliphatic rings. The predicted octanol–water partition coefficient (Wildman–Crippen LogP) is 2.78. The first-order valence-corrected chi connectivity index (χ1v) is 7.56. The Morgan fingerprint density at radius 3 is 2.20 bits per heavy atom. The van der Waals surface area contributed by atoms with Gasteiger partial charge in [-0.2, -0.15) is 0 Å². The van der Waals surface area contributed by atoms with Crippen LogP contribution < -0.4 is 15.5 Å². The van der Waals surface area contributed by atoms with Crippen LogP contribution in [0.15, 0.2) is 48.5 Å². The second-order valence-corrected chi connectivity index (χ2v) is 5.40. The summed E-state index contributed by atoms with van der Waals surface area (Å²) in [6.07, 6.45) is 0. The highest BCUT2D eigenvalue weighted by atomic mass is 19.1. The first-order valence-electron chi connectivity index (χ1n) is 7.56. The summed E-state index contributed by atoms with van der Waals surface area (Å²) >= 11 is 0. The quantitative estimate of drug-likeness (QED) is 0.876. The van der Waals surface area contributed by atoms with E-state index in [0.717, 1.165) is 0 Å². The Balaban J connectivity index is 2.14. The molecule has 3 amide bonds. The first-order chi connectivity index (χ1) is 11.8. The van der Waals surface area contributed by atoms with Crippen molar-refractivity contribution in [2.75, 3.05) is 22.1 Å². The molecule has 2 N–H and O–H groups in total. The number of nitrogens with zero attached hydrogens (tertiary/aromatic N) is 1. The monoisotopic (exact) mass is 343 g/mol. The molecule has 0 unspecified atom stereocenters. The van der Waals surface area contributed by atoms with Crippen LogP contribution in [0.2, 0.25) is 0 Å². The average molecular weight is 343 g/mol. The van der Waals surface area contributed by atoms with Gasteiger partial charge in [-0.1, -0.05) is 12.1 Å². The molecule has 0 aromatic heterocycles. The molecule has 0 bridgehead atoms. The van der Waals surface area contributed by atoms with E-state index in [-0.39, 0.29) is 18.4 Å². The second kappa shape index (κ2) is 8.05. The van der Waals surface area contributed by atoms with Crippen molar-refractivity contribution in [1.29, 1.82) is 0 Å². The lowest BCUT2D eigenvalue weighted by atomic mass is 10.2. The minimum Gasteiger partial charge on any atom is -0.326 e. The summed E-state index contributed by atoms with van der Waals surface area (Å²) in [6.45, 7) is 2.47. The minimum absolute atomic E-state index is 0.240. The van der Waals surface area contributed by atoms with Gasteiger partial charge in [-0.3, -0.25) is 14.4 Å². The van der Waals surface area contributed by atoms with Crippen LogP contribution in [0.3, 0.4) is 0 Å². The van der Waals surface area contributed by atoms with Gasteiger partial charge in [-0.25, -0.2) is 4.39 Å². The van der Waals surface area contributed by atoms with E-state index in [1.165, 1.54) is 36.9 Å². The fourth-order valence-corrected chi connectivity index (χ4v) is 2.25. The third-order valence-electron chi connectivity index (χ3n) is 3.27. The molecule has 2 rings (SSSR count). The molecule has 25 heavy (non-hydrogen) atoms. The van der Waals surface area contributed by atoms with Crippen LogP contribution in [0, 0.1) is 5.82 Å². The SMILES string of the molecule is CC(=O)Nc1cccc(N(CC(=O)Nc2cccc(F)c2)C(C)=O)c1. The minimum atomic E-state index is -0.468. The van der Waals surface area contributed by atoms with Crippen LogP contribution >= 0.6 is 0 Å². The predicted molar refractivity (Wildman–Crippen MR) is 93.8 cm³/mol. The number of carbonyl (C=O) groups is 3. The Hall–Kier alpha value is -3.22. The number of benzene rings is 2. The van der Waals surface area contributed by atoms with E-state index in [4.69, 9.17) is 0 Å². The van der Waals surface area contributed by atoms with E-state index >= 15 is 0 Å². The molecule has 0 aliphatic carbocycles. The number of amides is 3. The zero-order chi connectivity index (χ0) is 18.4. The maximum atomic E-state index is 13.2. The third-order valence-corrected chi connectivity index (χ3v) is 3.27. The van der Waals surface area contributed by atoms with E-state index < -0.39 is 11.7 Å². The van der Waals surface area contributed by atoms with E-state index in [0.29, 0.717) is 17.1 Å². The molecule has 2 aromatic rings. The number of halogens is 1. The maximum Gasteiger partial charge on any atom is 0.244 e. The highest BCUT2D eigenvalue weighted by Gasteiger charge is 2.16. The number of hydrogen-bond donors (Lipinski definition) is 2. The molecule has 0 fully saturated rings. The first kappa shape index (κ1) is 18.1. The molecule has 0 aliphatic heterocycles. The van der Waals surface area contributed by atoms with E-state index in [1.807, 2.05) is 0 Å². The van der Waals surface area contributed by atoms with Crippen molar-refractivity contribution in [3.05, 3.63) is 54.3 Å². The van der Waals surface area contributed by atoms with Crippen molar-refractivity contribution in [2.45, 2.75) is 13.8 Å². The Kier molecular flexibility index (Phi) is 5.84. The van der Waals surface area contributed by atoms with Crippen LogP contribution in [0.5, 0.6) is 0 Å². The molecular formula is C18H18FN3O3. The van der Waals surface area contributed by atoms with Gasteiger partial charge in [0.05, 0.1) is 0 Å². The molecule has 0 saturated carbocycles. The normalized spacial score (nSPS) is 10.0. The van der Waals surface area contributed by atoms with Gasteiger partial charge in [-0.15, -0.1) is 0 Å². The molecule has 0 spiro atoms. The lowest BCUT2D eigenvalue weighted by molar-refractivity contribution is -0.120. The van der Waals surface area contributed by atoms with Crippen molar-refractivity contribution >= 4 is 34.8 Å². The van der Waals surface area contributed by atoms with Gasteiger partial charge in [0.1, 0.15) is 12.4 Å². The number of hydrogen-bond acceptors (Lipinski definition) is 3. The fraction of sp³-hybridized carbons (Fsp3) is 0.167. The largest absolute Gasteiger partial charge is 0.326 e. The highest BCUT2D eigenvalue weighted by molar-refractivity contribution is 6.02. The summed E-state index contributed by atoms with van der Waals surface area (Å²) in [5, 5.41) is 5.16. The lowest BCUT2D eigenvalue weighted by Gasteiger charge is -2.21. The van der Waals surface area contributed by atoms with Crippen LogP contribution in [0.4, 0.5) is 21.5 Å². The molecule has 0 heterocycles. The summed E-state index contributed by atoms with van der Waals surface area (Å²) in [7, 11) is 0. The van der Waals surface area contributed by atoms with E-state index in [1.54, 1.807) is 30.3 Å². The zero-order valence-corrected chi connectivity index (χ0v) is 13.9. The van der Waals surface area contributed by atoms with Gasteiger partial charge in [0.25, 0.3) is 0 Å². The Morgan fingerprint density at radius 2 is 1.60 bits per heavy atom. The van der Waals surface area contributed by atoms with Gasteiger partial charge >= 0.3 is 0 Å². The van der Waals surface area contributed by atoms with E-state index in [2.05, 4.69) is 10.6 Å². The van der Waals surface area contributed by atoms with Crippen molar-refractivity contribution in [2.24, 2.45) is 0 Å². The summed E-state index contributed by atoms with van der Waals surface area (Å²) in [4.78, 5) is 36.5. The average Bonchev–Trinajstić information content (AvgIpc) is 2.52. The van der Waals surface area contributed by atoms with Crippen LogP contribution in [0.1, 0.15) is 13.8 Å². The Labute approximate surface area is 144 Å². The molecule has 0 atom stereocenters. The molecular weight excluding hydrogens is 325 g/mol. The molecule has 6 nitrogen and oxygen atoms in total. The number of nitrogens with one attached hydrogen (secondary N) is 2. The summed E-state index contributed by atoms with van der Waals surface area (Å²) in [5.41, 5.74) is 1.29. The van der Waals surface area contributed by atoms with Crippen LogP contribution in [-0.2, 0) is 14.4 Å². The molecule has 130 valence electrons. The number of rotatable bonds is 5. The maximum absolute atomic E-state index is 13.2. The second-order valence-electron chi connectivity index (χ2n) is 5.40.